The molecule has 1 unspecified atom stereocenters. The van der Waals surface area contributed by atoms with Crippen LogP contribution in [-0.2, 0) is 4.79 Å². The number of pyridine rings is 1. The van der Waals surface area contributed by atoms with Crippen molar-refractivity contribution in [2.75, 3.05) is 5.32 Å². The molecule has 0 aromatic carbocycles. The van der Waals surface area contributed by atoms with Gasteiger partial charge < -0.3 is 11.1 Å². The second kappa shape index (κ2) is 5.83. The highest BCUT2D eigenvalue weighted by Crippen LogP contribution is 2.12. The monoisotopic (exact) mass is 273 g/mol. The minimum Gasteiger partial charge on any atom is -0.323 e. The summed E-state index contributed by atoms with van der Waals surface area (Å²) in [6, 6.07) is 3.10. The maximum absolute atomic E-state index is 11.8. The van der Waals surface area contributed by atoms with Crippen LogP contribution in [0.5, 0.6) is 0 Å². The van der Waals surface area contributed by atoms with Crippen molar-refractivity contribution in [1.82, 2.24) is 14.5 Å². The maximum Gasteiger partial charge on any atom is 0.241 e. The fourth-order valence-corrected chi connectivity index (χ4v) is 1.75. The van der Waals surface area contributed by atoms with Gasteiger partial charge in [0.05, 0.1) is 17.9 Å². The molecule has 3 N–H and O–H groups in total. The molecule has 1 amide bonds. The maximum atomic E-state index is 11.8. The Morgan fingerprint density at radius 3 is 2.60 bits per heavy atom. The molecule has 2 aromatic rings. The number of carbonyl (C=O) groups excluding carboxylic acids is 1. The van der Waals surface area contributed by atoms with Crippen molar-refractivity contribution in [3.63, 3.8) is 0 Å². The van der Waals surface area contributed by atoms with Crippen LogP contribution in [0, 0.1) is 12.8 Å². The average Bonchev–Trinajstić information content (AvgIpc) is 2.85. The van der Waals surface area contributed by atoms with Gasteiger partial charge in [-0.15, -0.1) is 0 Å². The molecule has 1 atom stereocenters. The molecule has 0 saturated carbocycles. The van der Waals surface area contributed by atoms with E-state index in [4.69, 9.17) is 5.73 Å². The fourth-order valence-electron chi connectivity index (χ4n) is 1.75. The topological polar surface area (TPSA) is 85.8 Å². The number of hydrogen-bond acceptors (Lipinski definition) is 4. The van der Waals surface area contributed by atoms with E-state index >= 15 is 0 Å². The molecule has 0 spiro atoms. The summed E-state index contributed by atoms with van der Waals surface area (Å²) >= 11 is 0. The summed E-state index contributed by atoms with van der Waals surface area (Å²) in [5.74, 6) is 1.51. The van der Waals surface area contributed by atoms with Crippen LogP contribution < -0.4 is 11.1 Å². The summed E-state index contributed by atoms with van der Waals surface area (Å²) in [4.78, 5) is 20.3. The number of carbonyl (C=O) groups is 1. The van der Waals surface area contributed by atoms with Gasteiger partial charge in [0.15, 0.2) is 0 Å². The lowest BCUT2D eigenvalue weighted by molar-refractivity contribution is -0.118. The van der Waals surface area contributed by atoms with Crippen molar-refractivity contribution in [2.45, 2.75) is 26.8 Å². The second-order valence-corrected chi connectivity index (χ2v) is 5.01. The van der Waals surface area contributed by atoms with Crippen molar-refractivity contribution in [2.24, 2.45) is 11.7 Å². The predicted octanol–water partition coefficient (Wildman–Crippen LogP) is 1.50. The standard InChI is InChI=1S/C14H19N5O/c1-9(2)13(15)14(20)18-11-4-5-12(17-8-11)19-7-6-16-10(19)3/h4-9,13H,15H2,1-3H3,(H,18,20). The van der Waals surface area contributed by atoms with Crippen molar-refractivity contribution in [1.29, 1.82) is 0 Å². The van der Waals surface area contributed by atoms with E-state index in [2.05, 4.69) is 15.3 Å². The zero-order valence-corrected chi connectivity index (χ0v) is 11.9. The van der Waals surface area contributed by atoms with Crippen LogP contribution in [0.4, 0.5) is 5.69 Å². The van der Waals surface area contributed by atoms with E-state index in [1.54, 1.807) is 18.5 Å². The zero-order valence-electron chi connectivity index (χ0n) is 11.9. The molecule has 106 valence electrons. The number of nitrogens with two attached hydrogens (primary N) is 1. The summed E-state index contributed by atoms with van der Waals surface area (Å²) in [6.45, 7) is 5.72. The highest BCUT2D eigenvalue weighted by molar-refractivity contribution is 5.94. The summed E-state index contributed by atoms with van der Waals surface area (Å²) in [6.07, 6.45) is 5.17. The van der Waals surface area contributed by atoms with Gasteiger partial charge in [-0.2, -0.15) is 0 Å². The smallest absolute Gasteiger partial charge is 0.241 e. The van der Waals surface area contributed by atoms with Crippen LogP contribution in [0.2, 0.25) is 0 Å². The van der Waals surface area contributed by atoms with Gasteiger partial charge in [0.2, 0.25) is 5.91 Å². The first kappa shape index (κ1) is 14.2. The number of aromatic nitrogens is 3. The molecule has 20 heavy (non-hydrogen) atoms. The molecular formula is C14H19N5O. The van der Waals surface area contributed by atoms with Gasteiger partial charge in [-0.05, 0) is 25.0 Å². The highest BCUT2D eigenvalue weighted by atomic mass is 16.2. The molecule has 0 radical (unpaired) electrons. The summed E-state index contributed by atoms with van der Waals surface area (Å²) in [7, 11) is 0. The van der Waals surface area contributed by atoms with Crippen molar-refractivity contribution >= 4 is 11.6 Å². The van der Waals surface area contributed by atoms with E-state index in [1.165, 1.54) is 0 Å². The molecule has 6 nitrogen and oxygen atoms in total. The minimum atomic E-state index is -0.523. The van der Waals surface area contributed by atoms with Gasteiger partial charge in [0.25, 0.3) is 0 Å². The molecule has 2 aromatic heterocycles. The fraction of sp³-hybridized carbons (Fsp3) is 0.357. The molecule has 0 fully saturated rings. The van der Waals surface area contributed by atoms with E-state index < -0.39 is 6.04 Å². The average molecular weight is 273 g/mol. The molecule has 2 heterocycles. The predicted molar refractivity (Wildman–Crippen MR) is 77.5 cm³/mol. The van der Waals surface area contributed by atoms with Gasteiger partial charge in [0, 0.05) is 12.4 Å². The normalized spacial score (nSPS) is 12.4. The zero-order chi connectivity index (χ0) is 14.7. The van der Waals surface area contributed by atoms with E-state index in [-0.39, 0.29) is 11.8 Å². The lowest BCUT2D eigenvalue weighted by atomic mass is 10.1. The minimum absolute atomic E-state index is 0.0934. The Morgan fingerprint density at radius 2 is 2.10 bits per heavy atom. The van der Waals surface area contributed by atoms with Crippen LogP contribution in [0.3, 0.4) is 0 Å². The van der Waals surface area contributed by atoms with Gasteiger partial charge >= 0.3 is 0 Å². The quantitative estimate of drug-likeness (QED) is 0.884. The van der Waals surface area contributed by atoms with Crippen LogP contribution in [-0.4, -0.2) is 26.5 Å². The number of nitrogens with zero attached hydrogens (tertiary/aromatic N) is 3. The van der Waals surface area contributed by atoms with Crippen LogP contribution in [0.15, 0.2) is 30.7 Å². The SMILES string of the molecule is Cc1nccn1-c1ccc(NC(=O)C(N)C(C)C)cn1. The first-order chi connectivity index (χ1) is 9.49. The lowest BCUT2D eigenvalue weighted by Crippen LogP contribution is -2.39. The molecule has 0 aliphatic rings. The van der Waals surface area contributed by atoms with E-state index in [0.717, 1.165) is 11.6 Å². The Hall–Kier alpha value is -2.21. The summed E-state index contributed by atoms with van der Waals surface area (Å²) in [5.41, 5.74) is 6.42. The van der Waals surface area contributed by atoms with Gasteiger partial charge in [-0.25, -0.2) is 9.97 Å². The Bertz CT molecular complexity index is 588. The number of hydrogen-bond donors (Lipinski definition) is 2. The van der Waals surface area contributed by atoms with Gasteiger partial charge in [-0.1, -0.05) is 13.8 Å². The number of aryl methyl sites for hydroxylation is 1. The highest BCUT2D eigenvalue weighted by Gasteiger charge is 2.17. The molecule has 0 aliphatic carbocycles. The molecular weight excluding hydrogens is 254 g/mol. The third kappa shape index (κ3) is 3.03. The molecule has 0 saturated heterocycles. The van der Waals surface area contributed by atoms with E-state index in [9.17, 15) is 4.79 Å². The number of amides is 1. The summed E-state index contributed by atoms with van der Waals surface area (Å²) < 4.78 is 1.87. The number of nitrogens with one attached hydrogen (secondary N) is 1. The Balaban J connectivity index is 2.10. The van der Waals surface area contributed by atoms with E-state index in [0.29, 0.717) is 5.69 Å². The number of rotatable bonds is 4. The van der Waals surface area contributed by atoms with Crippen LogP contribution >= 0.6 is 0 Å². The van der Waals surface area contributed by atoms with Crippen molar-refractivity contribution in [3.05, 3.63) is 36.5 Å². The largest absolute Gasteiger partial charge is 0.323 e. The Morgan fingerprint density at radius 1 is 1.35 bits per heavy atom. The third-order valence-electron chi connectivity index (χ3n) is 3.11. The van der Waals surface area contributed by atoms with E-state index in [1.807, 2.05) is 37.6 Å². The van der Waals surface area contributed by atoms with Gasteiger partial charge in [-0.3, -0.25) is 9.36 Å². The third-order valence-corrected chi connectivity index (χ3v) is 3.11. The molecule has 2 rings (SSSR count). The summed E-state index contributed by atoms with van der Waals surface area (Å²) in [5, 5.41) is 2.76. The number of imidazole rings is 1. The van der Waals surface area contributed by atoms with Gasteiger partial charge in [0.1, 0.15) is 11.6 Å². The first-order valence-corrected chi connectivity index (χ1v) is 6.52. The lowest BCUT2D eigenvalue weighted by Gasteiger charge is -2.15. The first-order valence-electron chi connectivity index (χ1n) is 6.52. The molecule has 0 bridgehead atoms. The number of anilines is 1. The Kier molecular flexibility index (Phi) is 4.14. The van der Waals surface area contributed by atoms with Crippen LogP contribution in [0.1, 0.15) is 19.7 Å². The van der Waals surface area contributed by atoms with Crippen LogP contribution in [0.25, 0.3) is 5.82 Å². The molecule has 0 aliphatic heterocycles. The molecule has 6 heteroatoms. The Labute approximate surface area is 118 Å². The second-order valence-electron chi connectivity index (χ2n) is 5.01. The van der Waals surface area contributed by atoms with Crippen molar-refractivity contribution < 1.29 is 4.79 Å². The van der Waals surface area contributed by atoms with Crippen molar-refractivity contribution in [3.8, 4) is 5.82 Å².